The van der Waals surface area contributed by atoms with Crippen LogP contribution >= 0.6 is 0 Å². The van der Waals surface area contributed by atoms with Crippen molar-refractivity contribution in [3.8, 4) is 17.1 Å². The molecule has 1 aromatic carbocycles. The lowest BCUT2D eigenvalue weighted by atomic mass is 10.0. The van der Waals surface area contributed by atoms with Crippen LogP contribution in [0, 0.1) is 0 Å². The van der Waals surface area contributed by atoms with Gasteiger partial charge in [0.25, 0.3) is 0 Å². The van der Waals surface area contributed by atoms with Crippen molar-refractivity contribution in [2.24, 2.45) is 0 Å². The largest absolute Gasteiger partial charge is 0.494 e. The van der Waals surface area contributed by atoms with Gasteiger partial charge in [-0.15, -0.1) is 6.58 Å². The molecule has 1 heterocycles. The topological polar surface area (TPSA) is 35.0 Å². The van der Waals surface area contributed by atoms with Gasteiger partial charge < -0.3 is 4.74 Å². The van der Waals surface area contributed by atoms with Gasteiger partial charge in [0.15, 0.2) is 5.82 Å². The first-order chi connectivity index (χ1) is 16.3. The molecule has 0 bridgehead atoms. The molecule has 0 radical (unpaired) electrons. The van der Waals surface area contributed by atoms with Crippen LogP contribution in [-0.2, 0) is 6.42 Å². The third-order valence-electron chi connectivity index (χ3n) is 6.21. The Balaban J connectivity index is 1.58. The predicted octanol–water partition coefficient (Wildman–Crippen LogP) is 9.12. The molecule has 2 aromatic rings. The molecular weight excluding hydrogens is 404 g/mol. The molecule has 2 rings (SSSR count). The van der Waals surface area contributed by atoms with Crippen molar-refractivity contribution in [1.82, 2.24) is 9.97 Å². The number of benzene rings is 1. The molecule has 182 valence electrons. The Bertz CT molecular complexity index is 724. The lowest BCUT2D eigenvalue weighted by Crippen LogP contribution is -1.97. The first-order valence-electron chi connectivity index (χ1n) is 13.5. The van der Waals surface area contributed by atoms with Gasteiger partial charge in [-0.25, -0.2) is 9.97 Å². The highest BCUT2D eigenvalue weighted by Crippen LogP contribution is 2.20. The fourth-order valence-corrected chi connectivity index (χ4v) is 4.08. The summed E-state index contributed by atoms with van der Waals surface area (Å²) in [7, 11) is 0. The summed E-state index contributed by atoms with van der Waals surface area (Å²) < 4.78 is 5.86. The minimum Gasteiger partial charge on any atom is -0.494 e. The molecule has 0 saturated heterocycles. The average Bonchev–Trinajstić information content (AvgIpc) is 2.85. The van der Waals surface area contributed by atoms with E-state index < -0.39 is 0 Å². The number of hydrogen-bond acceptors (Lipinski definition) is 3. The molecule has 33 heavy (non-hydrogen) atoms. The maximum absolute atomic E-state index is 5.86. The highest BCUT2D eigenvalue weighted by Gasteiger charge is 2.03. The highest BCUT2D eigenvalue weighted by atomic mass is 16.5. The molecule has 0 aliphatic carbocycles. The van der Waals surface area contributed by atoms with E-state index in [0.29, 0.717) is 0 Å². The summed E-state index contributed by atoms with van der Waals surface area (Å²) in [6.45, 7) is 6.82. The standard InChI is InChI=1S/C30H46N2O/c1-3-5-7-9-11-12-13-14-15-17-19-27-25-31-30(32-26-27)28-20-22-29(23-21-28)33-24-18-16-10-8-6-4-2/h4,20-23,25-26H,2-3,5-19,24H2,1H3. The summed E-state index contributed by atoms with van der Waals surface area (Å²) in [6.07, 6.45) is 26.7. The summed E-state index contributed by atoms with van der Waals surface area (Å²) in [6, 6.07) is 8.15. The van der Waals surface area contributed by atoms with Crippen molar-refractivity contribution >= 4 is 0 Å². The number of aryl methyl sites for hydroxylation is 1. The quantitative estimate of drug-likeness (QED) is 0.149. The fourth-order valence-electron chi connectivity index (χ4n) is 4.08. The molecule has 0 atom stereocenters. The summed E-state index contributed by atoms with van der Waals surface area (Å²) in [5, 5.41) is 0. The van der Waals surface area contributed by atoms with E-state index in [0.717, 1.165) is 43.0 Å². The Hall–Kier alpha value is -2.16. The Morgan fingerprint density at radius 3 is 1.94 bits per heavy atom. The van der Waals surface area contributed by atoms with Crippen LogP contribution in [0.4, 0.5) is 0 Å². The van der Waals surface area contributed by atoms with E-state index in [1.165, 1.54) is 89.0 Å². The minimum absolute atomic E-state index is 0.775. The summed E-state index contributed by atoms with van der Waals surface area (Å²) in [5.41, 5.74) is 2.28. The van der Waals surface area contributed by atoms with Crippen molar-refractivity contribution in [1.29, 1.82) is 0 Å². The highest BCUT2D eigenvalue weighted by molar-refractivity contribution is 5.55. The van der Waals surface area contributed by atoms with Gasteiger partial charge in [0, 0.05) is 18.0 Å². The Morgan fingerprint density at radius 1 is 0.727 bits per heavy atom. The van der Waals surface area contributed by atoms with Crippen molar-refractivity contribution in [3.63, 3.8) is 0 Å². The summed E-state index contributed by atoms with van der Waals surface area (Å²) >= 11 is 0. The van der Waals surface area contributed by atoms with Crippen molar-refractivity contribution < 1.29 is 4.74 Å². The molecule has 0 amide bonds. The molecule has 3 nitrogen and oxygen atoms in total. The van der Waals surface area contributed by atoms with Gasteiger partial charge in [-0.3, -0.25) is 0 Å². The molecule has 3 heteroatoms. The number of hydrogen-bond donors (Lipinski definition) is 0. The minimum atomic E-state index is 0.775. The van der Waals surface area contributed by atoms with Gasteiger partial charge in [-0.05, 0) is 61.9 Å². The fraction of sp³-hybridized carbons (Fsp3) is 0.600. The van der Waals surface area contributed by atoms with E-state index >= 15 is 0 Å². The molecule has 0 aliphatic heterocycles. The first kappa shape index (κ1) is 27.1. The first-order valence-corrected chi connectivity index (χ1v) is 13.5. The second-order valence-electron chi connectivity index (χ2n) is 9.21. The summed E-state index contributed by atoms with van der Waals surface area (Å²) in [5.74, 6) is 1.71. The predicted molar refractivity (Wildman–Crippen MR) is 142 cm³/mol. The van der Waals surface area contributed by atoms with Crippen molar-refractivity contribution in [3.05, 3.63) is 54.9 Å². The van der Waals surface area contributed by atoms with Gasteiger partial charge in [0.05, 0.1) is 6.61 Å². The van der Waals surface area contributed by atoms with E-state index in [1.807, 2.05) is 30.6 Å². The lowest BCUT2D eigenvalue weighted by Gasteiger charge is -2.07. The average molecular weight is 451 g/mol. The Morgan fingerprint density at radius 2 is 1.30 bits per heavy atom. The van der Waals surface area contributed by atoms with Gasteiger partial charge in [-0.2, -0.15) is 0 Å². The zero-order valence-corrected chi connectivity index (χ0v) is 21.1. The van der Waals surface area contributed by atoms with Gasteiger partial charge in [-0.1, -0.05) is 83.6 Å². The van der Waals surface area contributed by atoms with E-state index in [1.54, 1.807) is 0 Å². The van der Waals surface area contributed by atoms with Crippen LogP contribution in [0.1, 0.15) is 109 Å². The number of aromatic nitrogens is 2. The van der Waals surface area contributed by atoms with Crippen LogP contribution in [-0.4, -0.2) is 16.6 Å². The number of unbranched alkanes of at least 4 members (excludes halogenated alkanes) is 13. The third kappa shape index (κ3) is 12.6. The van der Waals surface area contributed by atoms with Crippen LogP contribution in [0.3, 0.4) is 0 Å². The van der Waals surface area contributed by atoms with Gasteiger partial charge in [0.1, 0.15) is 5.75 Å². The molecule has 0 aliphatic rings. The molecule has 1 aromatic heterocycles. The van der Waals surface area contributed by atoms with Crippen LogP contribution in [0.15, 0.2) is 49.3 Å². The normalized spacial score (nSPS) is 10.9. The monoisotopic (exact) mass is 450 g/mol. The molecular formula is C30H46N2O. The summed E-state index contributed by atoms with van der Waals surface area (Å²) in [4.78, 5) is 9.19. The second kappa shape index (κ2) is 18.3. The van der Waals surface area contributed by atoms with Gasteiger partial charge >= 0.3 is 0 Å². The number of ether oxygens (including phenoxy) is 1. The maximum Gasteiger partial charge on any atom is 0.159 e. The molecule has 0 fully saturated rings. The number of allylic oxidation sites excluding steroid dienone is 1. The maximum atomic E-state index is 5.86. The lowest BCUT2D eigenvalue weighted by molar-refractivity contribution is 0.305. The van der Waals surface area contributed by atoms with Gasteiger partial charge in [0.2, 0.25) is 0 Å². The molecule has 0 saturated carbocycles. The van der Waals surface area contributed by atoms with E-state index in [4.69, 9.17) is 4.74 Å². The van der Waals surface area contributed by atoms with E-state index in [9.17, 15) is 0 Å². The second-order valence-corrected chi connectivity index (χ2v) is 9.21. The van der Waals surface area contributed by atoms with Crippen molar-refractivity contribution in [2.45, 2.75) is 110 Å². The Kier molecular flexibility index (Phi) is 15.0. The number of nitrogens with zero attached hydrogens (tertiary/aromatic N) is 2. The SMILES string of the molecule is C=CCCCCCCOc1ccc(-c2ncc(CCCCCCCCCCCC)cn2)cc1. The van der Waals surface area contributed by atoms with Crippen LogP contribution in [0.2, 0.25) is 0 Å². The molecule has 0 spiro atoms. The van der Waals surface area contributed by atoms with E-state index in [2.05, 4.69) is 35.6 Å². The number of rotatable bonds is 20. The smallest absolute Gasteiger partial charge is 0.159 e. The van der Waals surface area contributed by atoms with Crippen LogP contribution < -0.4 is 4.74 Å². The Labute approximate surface area is 203 Å². The van der Waals surface area contributed by atoms with Crippen LogP contribution in [0.5, 0.6) is 5.75 Å². The zero-order valence-electron chi connectivity index (χ0n) is 21.1. The van der Waals surface area contributed by atoms with E-state index in [-0.39, 0.29) is 0 Å². The third-order valence-corrected chi connectivity index (χ3v) is 6.21. The van der Waals surface area contributed by atoms with Crippen LogP contribution in [0.25, 0.3) is 11.4 Å². The molecule has 0 unspecified atom stereocenters. The van der Waals surface area contributed by atoms with Crippen molar-refractivity contribution in [2.75, 3.05) is 6.61 Å². The molecule has 0 N–H and O–H groups in total. The zero-order chi connectivity index (χ0) is 23.4.